The van der Waals surface area contributed by atoms with Crippen molar-refractivity contribution in [3.63, 3.8) is 0 Å². The Hall–Kier alpha value is -0.780. The molecule has 0 atom stereocenters. The van der Waals surface area contributed by atoms with Gasteiger partial charge in [0, 0.05) is 19.7 Å². The lowest BCUT2D eigenvalue weighted by Gasteiger charge is -2.15. The second-order valence-electron chi connectivity index (χ2n) is 4.54. The second-order valence-corrected chi connectivity index (χ2v) is 5.40. The molecule has 0 heterocycles. The Balaban J connectivity index is 2.12. The molecular formula is C14H20BrNO3. The molecule has 0 aliphatic heterocycles. The van der Waals surface area contributed by atoms with Crippen molar-refractivity contribution in [2.75, 3.05) is 20.5 Å². The smallest absolute Gasteiger partial charge is 0.188 e. The third kappa shape index (κ3) is 4.37. The van der Waals surface area contributed by atoms with Gasteiger partial charge in [0.05, 0.1) is 11.1 Å². The Kier molecular flexibility index (Phi) is 5.48. The summed E-state index contributed by atoms with van der Waals surface area (Å²) < 4.78 is 17.0. The third-order valence-corrected chi connectivity index (χ3v) is 3.45. The van der Waals surface area contributed by atoms with Gasteiger partial charge in [0.2, 0.25) is 0 Å². The van der Waals surface area contributed by atoms with E-state index in [9.17, 15) is 0 Å². The fourth-order valence-corrected chi connectivity index (χ4v) is 2.40. The SMILES string of the molecule is CCOc1cc(CNC2CC2)cc(Br)c1OCOC. The quantitative estimate of drug-likeness (QED) is 0.744. The van der Waals surface area contributed by atoms with Crippen molar-refractivity contribution in [3.05, 3.63) is 22.2 Å². The van der Waals surface area contributed by atoms with E-state index in [0.717, 1.165) is 16.8 Å². The predicted octanol–water partition coefficient (Wildman–Crippen LogP) is 3.08. The van der Waals surface area contributed by atoms with Crippen LogP contribution >= 0.6 is 15.9 Å². The normalized spacial score (nSPS) is 14.5. The van der Waals surface area contributed by atoms with Crippen LogP contribution in [0.3, 0.4) is 0 Å². The molecule has 19 heavy (non-hydrogen) atoms. The topological polar surface area (TPSA) is 39.7 Å². The van der Waals surface area contributed by atoms with Gasteiger partial charge in [-0.2, -0.15) is 0 Å². The Morgan fingerprint density at radius 2 is 2.11 bits per heavy atom. The van der Waals surface area contributed by atoms with Crippen LogP contribution in [0.5, 0.6) is 11.5 Å². The summed E-state index contributed by atoms with van der Waals surface area (Å²) in [6.07, 6.45) is 2.57. The van der Waals surface area contributed by atoms with Crippen LogP contribution in [0.4, 0.5) is 0 Å². The van der Waals surface area contributed by atoms with Crippen molar-refractivity contribution in [1.82, 2.24) is 5.32 Å². The van der Waals surface area contributed by atoms with E-state index >= 15 is 0 Å². The van der Waals surface area contributed by atoms with E-state index in [-0.39, 0.29) is 6.79 Å². The molecule has 1 saturated carbocycles. The standard InChI is InChI=1S/C14H20BrNO3/c1-3-18-13-7-10(8-16-11-4-5-11)6-12(15)14(13)19-9-17-2/h6-7,11,16H,3-5,8-9H2,1-2H3. The highest BCUT2D eigenvalue weighted by atomic mass is 79.9. The molecule has 0 saturated heterocycles. The van der Waals surface area contributed by atoms with Gasteiger partial charge in [-0.15, -0.1) is 0 Å². The molecule has 1 aliphatic carbocycles. The lowest BCUT2D eigenvalue weighted by Crippen LogP contribution is -2.15. The summed E-state index contributed by atoms with van der Waals surface area (Å²) in [5, 5.41) is 3.49. The second kappa shape index (κ2) is 7.12. The van der Waals surface area contributed by atoms with E-state index in [2.05, 4.69) is 27.3 Å². The molecule has 1 aromatic carbocycles. The molecule has 106 valence electrons. The number of hydrogen-bond donors (Lipinski definition) is 1. The number of ether oxygens (including phenoxy) is 3. The number of benzene rings is 1. The zero-order valence-electron chi connectivity index (χ0n) is 11.4. The van der Waals surface area contributed by atoms with Crippen LogP contribution in [0.15, 0.2) is 16.6 Å². The molecule has 2 rings (SSSR count). The zero-order valence-corrected chi connectivity index (χ0v) is 13.0. The van der Waals surface area contributed by atoms with Gasteiger partial charge in [-0.05, 0) is 53.4 Å². The number of methoxy groups -OCH3 is 1. The number of halogens is 1. The Labute approximate surface area is 122 Å². The number of nitrogens with one attached hydrogen (secondary N) is 1. The van der Waals surface area contributed by atoms with Crippen molar-refractivity contribution < 1.29 is 14.2 Å². The Morgan fingerprint density at radius 1 is 1.32 bits per heavy atom. The van der Waals surface area contributed by atoms with Gasteiger partial charge in [0.15, 0.2) is 18.3 Å². The lowest BCUT2D eigenvalue weighted by molar-refractivity contribution is 0.0481. The van der Waals surface area contributed by atoms with Crippen molar-refractivity contribution in [2.45, 2.75) is 32.4 Å². The molecule has 1 fully saturated rings. The molecule has 0 radical (unpaired) electrons. The minimum atomic E-state index is 0.207. The highest BCUT2D eigenvalue weighted by Crippen LogP contribution is 2.37. The highest BCUT2D eigenvalue weighted by molar-refractivity contribution is 9.10. The molecule has 0 unspecified atom stereocenters. The van der Waals surface area contributed by atoms with Crippen LogP contribution in [-0.4, -0.2) is 26.6 Å². The highest BCUT2D eigenvalue weighted by Gasteiger charge is 2.20. The lowest BCUT2D eigenvalue weighted by atomic mass is 10.2. The molecule has 1 aromatic rings. The van der Waals surface area contributed by atoms with Crippen LogP contribution in [0.25, 0.3) is 0 Å². The predicted molar refractivity (Wildman–Crippen MR) is 77.7 cm³/mol. The summed E-state index contributed by atoms with van der Waals surface area (Å²) in [5.41, 5.74) is 1.19. The van der Waals surface area contributed by atoms with Crippen LogP contribution in [0, 0.1) is 0 Å². The van der Waals surface area contributed by atoms with E-state index < -0.39 is 0 Å². The summed E-state index contributed by atoms with van der Waals surface area (Å²) in [6, 6.07) is 4.77. The summed E-state index contributed by atoms with van der Waals surface area (Å²) in [7, 11) is 1.60. The van der Waals surface area contributed by atoms with Crippen LogP contribution in [-0.2, 0) is 11.3 Å². The molecule has 0 bridgehead atoms. The third-order valence-electron chi connectivity index (χ3n) is 2.86. The van der Waals surface area contributed by atoms with Gasteiger partial charge in [0.1, 0.15) is 0 Å². The van der Waals surface area contributed by atoms with Crippen LogP contribution in [0.2, 0.25) is 0 Å². The summed E-state index contributed by atoms with van der Waals surface area (Å²) >= 11 is 3.53. The molecule has 0 amide bonds. The van der Waals surface area contributed by atoms with Crippen molar-refractivity contribution in [2.24, 2.45) is 0 Å². The first-order chi connectivity index (χ1) is 9.24. The van der Waals surface area contributed by atoms with Gasteiger partial charge < -0.3 is 19.5 Å². The van der Waals surface area contributed by atoms with Crippen LogP contribution < -0.4 is 14.8 Å². The van der Waals surface area contributed by atoms with E-state index in [1.807, 2.05) is 13.0 Å². The average molecular weight is 330 g/mol. The van der Waals surface area contributed by atoms with Crippen LogP contribution in [0.1, 0.15) is 25.3 Å². The maximum absolute atomic E-state index is 5.64. The van der Waals surface area contributed by atoms with Crippen molar-refractivity contribution in [3.8, 4) is 11.5 Å². The molecular weight excluding hydrogens is 310 g/mol. The molecule has 1 aliphatic rings. The van der Waals surface area contributed by atoms with Crippen molar-refractivity contribution in [1.29, 1.82) is 0 Å². The molecule has 0 spiro atoms. The van der Waals surface area contributed by atoms with E-state index in [1.54, 1.807) is 7.11 Å². The maximum Gasteiger partial charge on any atom is 0.188 e. The summed E-state index contributed by atoms with van der Waals surface area (Å²) in [4.78, 5) is 0. The first-order valence-corrected chi connectivity index (χ1v) is 7.34. The fourth-order valence-electron chi connectivity index (χ4n) is 1.79. The van der Waals surface area contributed by atoms with Crippen molar-refractivity contribution >= 4 is 15.9 Å². The van der Waals surface area contributed by atoms with Gasteiger partial charge in [-0.25, -0.2) is 0 Å². The number of hydrogen-bond acceptors (Lipinski definition) is 4. The Bertz CT molecular complexity index is 421. The molecule has 0 aromatic heterocycles. The van der Waals surface area contributed by atoms with Gasteiger partial charge in [-0.3, -0.25) is 0 Å². The molecule has 5 heteroatoms. The monoisotopic (exact) mass is 329 g/mol. The maximum atomic E-state index is 5.64. The van der Waals surface area contributed by atoms with Gasteiger partial charge in [0.25, 0.3) is 0 Å². The van der Waals surface area contributed by atoms with E-state index in [1.165, 1.54) is 18.4 Å². The summed E-state index contributed by atoms with van der Waals surface area (Å²) in [5.74, 6) is 1.44. The number of rotatable bonds is 8. The van der Waals surface area contributed by atoms with Gasteiger partial charge >= 0.3 is 0 Å². The Morgan fingerprint density at radius 3 is 2.74 bits per heavy atom. The average Bonchev–Trinajstić information content (AvgIpc) is 3.20. The van der Waals surface area contributed by atoms with Gasteiger partial charge in [-0.1, -0.05) is 0 Å². The summed E-state index contributed by atoms with van der Waals surface area (Å²) in [6.45, 7) is 3.63. The minimum Gasteiger partial charge on any atom is -0.490 e. The van der Waals surface area contributed by atoms with E-state index in [4.69, 9.17) is 14.2 Å². The minimum absolute atomic E-state index is 0.207. The molecule has 1 N–H and O–H groups in total. The first kappa shape index (κ1) is 14.6. The largest absolute Gasteiger partial charge is 0.490 e. The first-order valence-electron chi connectivity index (χ1n) is 6.55. The zero-order chi connectivity index (χ0) is 13.7. The van der Waals surface area contributed by atoms with E-state index in [0.29, 0.717) is 18.4 Å². The fraction of sp³-hybridized carbons (Fsp3) is 0.571. The molecule has 4 nitrogen and oxygen atoms in total.